The predicted molar refractivity (Wildman–Crippen MR) is 43.0 cm³/mol. The van der Waals surface area contributed by atoms with E-state index in [4.69, 9.17) is 0 Å². The van der Waals surface area contributed by atoms with Crippen LogP contribution in [0.4, 0.5) is 4.39 Å². The van der Waals surface area contributed by atoms with E-state index in [0.29, 0.717) is 11.3 Å². The lowest BCUT2D eigenvalue weighted by Crippen LogP contribution is -2.20. The van der Waals surface area contributed by atoms with Crippen LogP contribution < -0.4 is 11.2 Å². The fraction of sp³-hybridized carbons (Fsp3) is 0. The van der Waals surface area contributed by atoms with Crippen LogP contribution in [0.3, 0.4) is 0 Å². The first-order valence-corrected chi connectivity index (χ1v) is 3.90. The van der Waals surface area contributed by atoms with E-state index in [0.717, 1.165) is 6.07 Å². The van der Waals surface area contributed by atoms with E-state index in [2.05, 4.69) is 4.98 Å². The lowest BCUT2D eigenvalue weighted by molar-refractivity contribution is 0.658. The molecule has 2 N–H and O–H groups in total. The second-order valence-electron chi connectivity index (χ2n) is 2.20. The monoisotopic (exact) mass is 186 g/mol. The normalized spacial score (nSPS) is 10.8. The maximum absolute atomic E-state index is 12.6. The zero-order chi connectivity index (χ0) is 8.72. The van der Waals surface area contributed by atoms with Crippen molar-refractivity contribution in [3.63, 3.8) is 0 Å². The van der Waals surface area contributed by atoms with Crippen molar-refractivity contribution in [2.45, 2.75) is 0 Å². The van der Waals surface area contributed by atoms with Crippen LogP contribution in [0, 0.1) is 5.13 Å². The molecule has 0 saturated carbocycles. The first kappa shape index (κ1) is 7.23. The molecule has 0 aliphatic carbocycles. The van der Waals surface area contributed by atoms with Crippen molar-refractivity contribution in [1.82, 2.24) is 9.97 Å². The van der Waals surface area contributed by atoms with Gasteiger partial charge in [0, 0.05) is 6.07 Å². The third-order valence-corrected chi connectivity index (χ3v) is 2.31. The first-order valence-electron chi connectivity index (χ1n) is 3.08. The molecule has 0 unspecified atom stereocenters. The average molecular weight is 186 g/mol. The van der Waals surface area contributed by atoms with Crippen molar-refractivity contribution >= 4 is 21.6 Å². The Balaban J connectivity index is 3.08. The first-order chi connectivity index (χ1) is 5.66. The highest BCUT2D eigenvalue weighted by atomic mass is 32.1. The molecule has 0 atom stereocenters. The molecule has 6 heteroatoms. The second kappa shape index (κ2) is 2.28. The fourth-order valence-corrected chi connectivity index (χ4v) is 1.67. The minimum Gasteiger partial charge on any atom is -0.306 e. The molecule has 0 fully saturated rings. The van der Waals surface area contributed by atoms with Gasteiger partial charge in [0.15, 0.2) is 5.13 Å². The van der Waals surface area contributed by atoms with Crippen LogP contribution in [0.15, 0.2) is 15.7 Å². The summed E-state index contributed by atoms with van der Waals surface area (Å²) in [6, 6.07) is 1.12. The van der Waals surface area contributed by atoms with E-state index in [1.165, 1.54) is 0 Å². The van der Waals surface area contributed by atoms with Gasteiger partial charge in [0.05, 0.1) is 5.52 Å². The van der Waals surface area contributed by atoms with Gasteiger partial charge in [-0.3, -0.25) is 9.78 Å². The maximum Gasteiger partial charge on any atom is 0.326 e. The van der Waals surface area contributed by atoms with Gasteiger partial charge in [0.1, 0.15) is 4.70 Å². The summed E-state index contributed by atoms with van der Waals surface area (Å²) in [5, 5.41) is -0.489. The van der Waals surface area contributed by atoms with Crippen LogP contribution in [-0.4, -0.2) is 9.97 Å². The van der Waals surface area contributed by atoms with Crippen LogP contribution in [0.2, 0.25) is 0 Å². The molecular weight excluding hydrogens is 183 g/mol. The van der Waals surface area contributed by atoms with E-state index in [1.54, 1.807) is 0 Å². The number of fused-ring (bicyclic) bond motifs is 1. The van der Waals surface area contributed by atoms with Gasteiger partial charge in [0.25, 0.3) is 5.56 Å². The fourth-order valence-electron chi connectivity index (χ4n) is 0.936. The summed E-state index contributed by atoms with van der Waals surface area (Å²) in [7, 11) is 0. The van der Waals surface area contributed by atoms with Crippen molar-refractivity contribution in [2.75, 3.05) is 0 Å². The molecule has 2 heterocycles. The number of H-pyrrole nitrogens is 2. The zero-order valence-corrected chi connectivity index (χ0v) is 6.50. The van der Waals surface area contributed by atoms with E-state index >= 15 is 0 Å². The highest BCUT2D eigenvalue weighted by Crippen LogP contribution is 2.16. The molecular formula is C6H3FN2O2S. The van der Waals surface area contributed by atoms with Crippen molar-refractivity contribution < 1.29 is 4.39 Å². The van der Waals surface area contributed by atoms with E-state index in [-0.39, 0.29) is 10.2 Å². The number of hydrogen-bond acceptors (Lipinski definition) is 3. The largest absolute Gasteiger partial charge is 0.326 e. The summed E-state index contributed by atoms with van der Waals surface area (Å²) in [5.74, 6) is 0. The molecule has 2 aromatic rings. The quantitative estimate of drug-likeness (QED) is 0.626. The molecule has 4 nitrogen and oxygen atoms in total. The Labute approximate surface area is 68.7 Å². The minimum absolute atomic E-state index is 0.201. The van der Waals surface area contributed by atoms with E-state index < -0.39 is 16.4 Å². The average Bonchev–Trinajstić information content (AvgIpc) is 2.29. The van der Waals surface area contributed by atoms with Gasteiger partial charge in [-0.2, -0.15) is 4.39 Å². The van der Waals surface area contributed by atoms with Crippen LogP contribution >= 0.6 is 11.3 Å². The smallest absolute Gasteiger partial charge is 0.306 e. The molecule has 0 aromatic carbocycles. The van der Waals surface area contributed by atoms with Gasteiger partial charge < -0.3 is 4.98 Å². The van der Waals surface area contributed by atoms with Crippen LogP contribution in [-0.2, 0) is 0 Å². The summed E-state index contributed by atoms with van der Waals surface area (Å²) < 4.78 is 12.8. The Morgan fingerprint density at radius 2 is 2.08 bits per heavy atom. The highest BCUT2D eigenvalue weighted by Gasteiger charge is 2.05. The van der Waals surface area contributed by atoms with E-state index in [9.17, 15) is 14.0 Å². The minimum atomic E-state index is -0.620. The summed E-state index contributed by atoms with van der Waals surface area (Å²) in [6.45, 7) is 0. The van der Waals surface area contributed by atoms with E-state index in [1.807, 2.05) is 4.98 Å². The molecule has 0 aliphatic heterocycles. The highest BCUT2D eigenvalue weighted by molar-refractivity contribution is 7.17. The molecule has 0 radical (unpaired) electrons. The number of thiophene rings is 1. The lowest BCUT2D eigenvalue weighted by Gasteiger charge is -1.84. The Kier molecular flexibility index (Phi) is 1.37. The Hall–Kier alpha value is -1.43. The Bertz CT molecular complexity index is 538. The Morgan fingerprint density at radius 1 is 1.33 bits per heavy atom. The number of rotatable bonds is 0. The van der Waals surface area contributed by atoms with Crippen molar-refractivity contribution in [1.29, 1.82) is 0 Å². The molecule has 2 rings (SSSR count). The van der Waals surface area contributed by atoms with Gasteiger partial charge in [-0.1, -0.05) is 11.3 Å². The predicted octanol–water partition coefficient (Wildman–Crippen LogP) is 0.417. The third-order valence-electron chi connectivity index (χ3n) is 1.38. The number of hydrogen-bond donors (Lipinski definition) is 2. The number of aromatic nitrogens is 2. The molecule has 0 amide bonds. The summed E-state index contributed by atoms with van der Waals surface area (Å²) in [4.78, 5) is 26.0. The molecule has 0 aliphatic rings. The van der Waals surface area contributed by atoms with Gasteiger partial charge in [-0.25, -0.2) is 4.79 Å². The second-order valence-corrected chi connectivity index (χ2v) is 3.20. The van der Waals surface area contributed by atoms with Gasteiger partial charge >= 0.3 is 5.69 Å². The molecule has 0 saturated heterocycles. The molecule has 62 valence electrons. The summed E-state index contributed by atoms with van der Waals surface area (Å²) in [6.07, 6.45) is 0. The maximum atomic E-state index is 12.6. The number of halogens is 1. The molecule has 0 bridgehead atoms. The van der Waals surface area contributed by atoms with Crippen molar-refractivity contribution in [2.24, 2.45) is 0 Å². The third kappa shape index (κ3) is 0.964. The molecule has 2 aromatic heterocycles. The topological polar surface area (TPSA) is 65.7 Å². The molecule has 12 heavy (non-hydrogen) atoms. The van der Waals surface area contributed by atoms with Gasteiger partial charge in [-0.15, -0.1) is 0 Å². The lowest BCUT2D eigenvalue weighted by atomic mass is 10.5. The molecule has 0 spiro atoms. The zero-order valence-electron chi connectivity index (χ0n) is 5.68. The van der Waals surface area contributed by atoms with Crippen LogP contribution in [0.5, 0.6) is 0 Å². The SMILES string of the molecule is O=c1[nH]c(=O)c2sc(F)cc2[nH]1. The summed E-state index contributed by atoms with van der Waals surface area (Å²) >= 11 is 0.707. The van der Waals surface area contributed by atoms with Crippen molar-refractivity contribution in [3.8, 4) is 0 Å². The number of nitrogens with one attached hydrogen (secondary N) is 2. The van der Waals surface area contributed by atoms with Crippen LogP contribution in [0.25, 0.3) is 10.2 Å². The Morgan fingerprint density at radius 3 is 2.83 bits per heavy atom. The van der Waals surface area contributed by atoms with Crippen molar-refractivity contribution in [3.05, 3.63) is 32.0 Å². The van der Waals surface area contributed by atoms with Gasteiger partial charge in [-0.05, 0) is 0 Å². The standard InChI is InChI=1S/C6H3FN2O2S/c7-3-1-2-4(12-3)5(10)9-6(11)8-2/h1H,(H2,8,9,10,11). The summed E-state index contributed by atoms with van der Waals surface area (Å²) in [5.41, 5.74) is -0.931. The number of aromatic amines is 2. The van der Waals surface area contributed by atoms with Gasteiger partial charge in [0.2, 0.25) is 0 Å². The van der Waals surface area contributed by atoms with Crippen LogP contribution in [0.1, 0.15) is 0 Å².